The fraction of sp³-hybridized carbons (Fsp3) is 0.750. The van der Waals surface area contributed by atoms with Gasteiger partial charge in [-0.1, -0.05) is 13.8 Å². The van der Waals surface area contributed by atoms with Crippen LogP contribution in [0, 0.1) is 5.41 Å². The van der Waals surface area contributed by atoms with E-state index in [2.05, 4.69) is 10.3 Å². The number of amidine groups is 1. The van der Waals surface area contributed by atoms with Gasteiger partial charge in [0.1, 0.15) is 0 Å². The molecule has 0 aromatic rings. The van der Waals surface area contributed by atoms with Crippen LogP contribution >= 0.6 is 0 Å². The minimum absolute atomic E-state index is 0.279. The van der Waals surface area contributed by atoms with Crippen molar-refractivity contribution in [3.05, 3.63) is 0 Å². The van der Waals surface area contributed by atoms with E-state index in [0.29, 0.717) is 6.42 Å². The summed E-state index contributed by atoms with van der Waals surface area (Å²) in [7, 11) is 0. The lowest BCUT2D eigenvalue weighted by atomic mass is 9.88. The summed E-state index contributed by atoms with van der Waals surface area (Å²) in [5.41, 5.74) is 4.74. The highest BCUT2D eigenvalue weighted by atomic mass is 16.1. The summed E-state index contributed by atoms with van der Waals surface area (Å²) in [6.45, 7) is 5.35. The van der Waals surface area contributed by atoms with E-state index in [1.54, 1.807) is 0 Å². The number of nitrogens with two attached hydrogens (primary N) is 1. The van der Waals surface area contributed by atoms with Crippen LogP contribution in [0.15, 0.2) is 4.99 Å². The predicted molar refractivity (Wildman–Crippen MR) is 47.9 cm³/mol. The van der Waals surface area contributed by atoms with Crippen molar-refractivity contribution in [2.75, 3.05) is 13.1 Å². The lowest BCUT2D eigenvalue weighted by Gasteiger charge is -2.19. The number of amides is 1. The molecule has 12 heavy (non-hydrogen) atoms. The minimum Gasteiger partial charge on any atom is -0.372 e. The average Bonchev–Trinajstić information content (AvgIpc) is 2.38. The summed E-state index contributed by atoms with van der Waals surface area (Å²) in [5, 5.41) is 3.11. The number of carbonyl (C=O) groups is 1. The van der Waals surface area contributed by atoms with Crippen LogP contribution in [0.1, 0.15) is 20.3 Å². The van der Waals surface area contributed by atoms with Crippen molar-refractivity contribution in [3.63, 3.8) is 0 Å². The van der Waals surface area contributed by atoms with Gasteiger partial charge < -0.3 is 11.1 Å². The van der Waals surface area contributed by atoms with Gasteiger partial charge in [0, 0.05) is 13.0 Å². The molecule has 1 rings (SSSR count). The zero-order valence-electron chi connectivity index (χ0n) is 7.55. The molecular weight excluding hydrogens is 154 g/mol. The standard InChI is InChI=1S/C8H15N3O/c1-8(2,7(9)12)5-6-10-3-4-11-6/h3-5H2,1-2H3,(H2,9,12)(H,10,11). The molecule has 0 saturated carbocycles. The Labute approximate surface area is 72.2 Å². The second kappa shape index (κ2) is 3.13. The Bertz CT molecular complexity index is 220. The van der Waals surface area contributed by atoms with Crippen molar-refractivity contribution in [2.24, 2.45) is 16.1 Å². The molecule has 1 aliphatic heterocycles. The maximum atomic E-state index is 10.9. The Balaban J connectivity index is 2.54. The Hall–Kier alpha value is -1.06. The van der Waals surface area contributed by atoms with E-state index in [9.17, 15) is 4.79 Å². The highest BCUT2D eigenvalue weighted by molar-refractivity contribution is 5.90. The monoisotopic (exact) mass is 169 g/mol. The highest BCUT2D eigenvalue weighted by Crippen LogP contribution is 2.20. The third kappa shape index (κ3) is 1.96. The lowest BCUT2D eigenvalue weighted by molar-refractivity contribution is -0.125. The van der Waals surface area contributed by atoms with Gasteiger partial charge in [0.25, 0.3) is 0 Å². The molecule has 3 N–H and O–H groups in total. The van der Waals surface area contributed by atoms with Gasteiger partial charge in [0.05, 0.1) is 17.8 Å². The fourth-order valence-corrected chi connectivity index (χ4v) is 1.07. The Morgan fingerprint density at radius 3 is 2.83 bits per heavy atom. The van der Waals surface area contributed by atoms with Crippen LogP contribution in [0.25, 0.3) is 0 Å². The van der Waals surface area contributed by atoms with Crippen molar-refractivity contribution >= 4 is 11.7 Å². The molecule has 1 amide bonds. The number of hydrogen-bond donors (Lipinski definition) is 2. The van der Waals surface area contributed by atoms with E-state index in [-0.39, 0.29) is 5.91 Å². The molecule has 68 valence electrons. The van der Waals surface area contributed by atoms with Gasteiger partial charge in [-0.2, -0.15) is 0 Å². The molecule has 0 saturated heterocycles. The summed E-state index contributed by atoms with van der Waals surface area (Å²) in [6.07, 6.45) is 0.613. The zero-order chi connectivity index (χ0) is 9.19. The summed E-state index contributed by atoms with van der Waals surface area (Å²) >= 11 is 0. The molecule has 0 radical (unpaired) electrons. The van der Waals surface area contributed by atoms with Crippen LogP contribution in [0.3, 0.4) is 0 Å². The number of nitrogens with one attached hydrogen (secondary N) is 1. The first kappa shape index (κ1) is 9.03. The van der Waals surface area contributed by atoms with E-state index in [0.717, 1.165) is 18.9 Å². The average molecular weight is 169 g/mol. The number of rotatable bonds is 3. The summed E-state index contributed by atoms with van der Waals surface area (Å²) in [5.74, 6) is 0.623. The van der Waals surface area contributed by atoms with Gasteiger partial charge in [-0.25, -0.2) is 0 Å². The van der Waals surface area contributed by atoms with Crippen molar-refractivity contribution in [2.45, 2.75) is 20.3 Å². The number of hydrogen-bond acceptors (Lipinski definition) is 3. The maximum absolute atomic E-state index is 10.9. The van der Waals surface area contributed by atoms with Crippen molar-refractivity contribution < 1.29 is 4.79 Å². The molecule has 0 spiro atoms. The number of nitrogens with zero attached hydrogens (tertiary/aromatic N) is 1. The molecule has 0 bridgehead atoms. The topological polar surface area (TPSA) is 67.5 Å². The van der Waals surface area contributed by atoms with Crippen molar-refractivity contribution in [1.29, 1.82) is 0 Å². The second-order valence-corrected chi connectivity index (χ2v) is 3.68. The van der Waals surface area contributed by atoms with Crippen molar-refractivity contribution in [1.82, 2.24) is 5.32 Å². The van der Waals surface area contributed by atoms with E-state index < -0.39 is 5.41 Å². The molecule has 1 aliphatic rings. The molecule has 0 unspecified atom stereocenters. The lowest BCUT2D eigenvalue weighted by Crippen LogP contribution is -2.36. The molecular formula is C8H15N3O. The highest BCUT2D eigenvalue weighted by Gasteiger charge is 2.27. The van der Waals surface area contributed by atoms with Crippen molar-refractivity contribution in [3.8, 4) is 0 Å². The van der Waals surface area contributed by atoms with Crippen LogP contribution in [-0.2, 0) is 4.79 Å². The van der Waals surface area contributed by atoms with E-state index in [1.807, 2.05) is 13.8 Å². The Kier molecular flexibility index (Phi) is 2.35. The third-order valence-corrected chi connectivity index (χ3v) is 2.02. The fourth-order valence-electron chi connectivity index (χ4n) is 1.07. The van der Waals surface area contributed by atoms with Crippen LogP contribution in [0.2, 0.25) is 0 Å². The molecule has 1 heterocycles. The molecule has 4 nitrogen and oxygen atoms in total. The van der Waals surface area contributed by atoms with Crippen LogP contribution in [0.4, 0.5) is 0 Å². The molecule has 0 aromatic heterocycles. The first-order chi connectivity index (χ1) is 5.52. The summed E-state index contributed by atoms with van der Waals surface area (Å²) in [6, 6.07) is 0. The largest absolute Gasteiger partial charge is 0.372 e. The van der Waals surface area contributed by atoms with Crippen LogP contribution in [0.5, 0.6) is 0 Å². The number of carbonyl (C=O) groups excluding carboxylic acids is 1. The second-order valence-electron chi connectivity index (χ2n) is 3.68. The normalized spacial score (nSPS) is 17.0. The Morgan fingerprint density at radius 2 is 2.42 bits per heavy atom. The van der Waals surface area contributed by atoms with E-state index in [1.165, 1.54) is 0 Å². The van der Waals surface area contributed by atoms with Gasteiger partial charge in [-0.05, 0) is 0 Å². The summed E-state index contributed by atoms with van der Waals surface area (Å²) < 4.78 is 0. The Morgan fingerprint density at radius 1 is 1.75 bits per heavy atom. The van der Waals surface area contributed by atoms with E-state index in [4.69, 9.17) is 5.73 Å². The predicted octanol–water partition coefficient (Wildman–Crippen LogP) is -0.110. The molecule has 0 aromatic carbocycles. The third-order valence-electron chi connectivity index (χ3n) is 2.02. The maximum Gasteiger partial charge on any atom is 0.223 e. The van der Waals surface area contributed by atoms with Gasteiger partial charge in [-0.3, -0.25) is 9.79 Å². The molecule has 0 aliphatic carbocycles. The van der Waals surface area contributed by atoms with Gasteiger partial charge >= 0.3 is 0 Å². The molecule has 0 fully saturated rings. The summed E-state index contributed by atoms with van der Waals surface area (Å²) in [4.78, 5) is 15.1. The van der Waals surface area contributed by atoms with Gasteiger partial charge in [0.2, 0.25) is 5.91 Å². The number of primary amides is 1. The molecule has 0 atom stereocenters. The number of aliphatic imine (C=N–C) groups is 1. The van der Waals surface area contributed by atoms with Crippen LogP contribution < -0.4 is 11.1 Å². The quantitative estimate of drug-likeness (QED) is 0.619. The minimum atomic E-state index is -0.490. The smallest absolute Gasteiger partial charge is 0.223 e. The first-order valence-electron chi connectivity index (χ1n) is 4.09. The van der Waals surface area contributed by atoms with E-state index >= 15 is 0 Å². The SMILES string of the molecule is CC(C)(CC1=NCCN1)C(N)=O. The van der Waals surface area contributed by atoms with Gasteiger partial charge in [-0.15, -0.1) is 0 Å². The zero-order valence-corrected chi connectivity index (χ0v) is 7.55. The molecule has 4 heteroatoms. The van der Waals surface area contributed by atoms with Crippen LogP contribution in [-0.4, -0.2) is 24.8 Å². The van der Waals surface area contributed by atoms with Gasteiger partial charge in [0.15, 0.2) is 0 Å². The first-order valence-corrected chi connectivity index (χ1v) is 4.09.